The Morgan fingerprint density at radius 1 is 1.40 bits per heavy atom. The second-order valence-electron chi connectivity index (χ2n) is 6.68. The van der Waals surface area contributed by atoms with Crippen LogP contribution >= 0.6 is 12.6 Å². The van der Waals surface area contributed by atoms with Crippen LogP contribution in [0.2, 0.25) is 0 Å². The number of nitrogens with one attached hydrogen (secondary N) is 1. The SMILES string of the molecule is COCCCOc1cc(C(=O)N(C(C)C)[C@@H]2CCCNC2)ccc1S. The van der Waals surface area contributed by atoms with Crippen molar-refractivity contribution in [3.05, 3.63) is 23.8 Å². The summed E-state index contributed by atoms with van der Waals surface area (Å²) in [4.78, 5) is 15.9. The normalized spacial score (nSPS) is 17.6. The molecule has 5 nitrogen and oxygen atoms in total. The summed E-state index contributed by atoms with van der Waals surface area (Å²) in [5.41, 5.74) is 0.652. The van der Waals surface area contributed by atoms with Crippen LogP contribution < -0.4 is 10.1 Å². The van der Waals surface area contributed by atoms with Crippen LogP contribution in [-0.4, -0.2) is 56.3 Å². The second kappa shape index (κ2) is 10.0. The van der Waals surface area contributed by atoms with Crippen LogP contribution in [0.15, 0.2) is 23.1 Å². The van der Waals surface area contributed by atoms with Crippen molar-refractivity contribution in [1.29, 1.82) is 0 Å². The van der Waals surface area contributed by atoms with Crippen LogP contribution in [0.25, 0.3) is 0 Å². The smallest absolute Gasteiger partial charge is 0.254 e. The molecule has 1 aromatic rings. The van der Waals surface area contributed by atoms with E-state index in [0.717, 1.165) is 37.2 Å². The molecule has 0 aromatic heterocycles. The molecule has 1 atom stereocenters. The van der Waals surface area contributed by atoms with E-state index in [2.05, 4.69) is 31.8 Å². The molecule has 0 spiro atoms. The molecule has 1 fully saturated rings. The van der Waals surface area contributed by atoms with Gasteiger partial charge in [0.2, 0.25) is 0 Å². The number of thiol groups is 1. The molecule has 0 saturated carbocycles. The first-order chi connectivity index (χ1) is 12.0. The van der Waals surface area contributed by atoms with Crippen molar-refractivity contribution < 1.29 is 14.3 Å². The number of rotatable bonds is 8. The average Bonchev–Trinajstić information content (AvgIpc) is 2.61. The van der Waals surface area contributed by atoms with E-state index in [4.69, 9.17) is 9.47 Å². The van der Waals surface area contributed by atoms with E-state index in [1.807, 2.05) is 23.1 Å². The number of nitrogens with zero attached hydrogens (tertiary/aromatic N) is 1. The molecule has 0 aliphatic carbocycles. The Hall–Kier alpha value is -1.24. The van der Waals surface area contributed by atoms with E-state index in [1.54, 1.807) is 7.11 Å². The van der Waals surface area contributed by atoms with E-state index in [-0.39, 0.29) is 18.0 Å². The Labute approximate surface area is 156 Å². The van der Waals surface area contributed by atoms with E-state index in [1.165, 1.54) is 0 Å². The van der Waals surface area contributed by atoms with Gasteiger partial charge in [-0.3, -0.25) is 4.79 Å². The van der Waals surface area contributed by atoms with Crippen LogP contribution in [0.1, 0.15) is 43.5 Å². The Morgan fingerprint density at radius 2 is 2.20 bits per heavy atom. The predicted octanol–water partition coefficient (Wildman–Crippen LogP) is 2.99. The number of ether oxygens (including phenoxy) is 2. The lowest BCUT2D eigenvalue weighted by atomic mass is 10.0. The van der Waals surface area contributed by atoms with Gasteiger partial charge in [-0.05, 0) is 51.4 Å². The summed E-state index contributed by atoms with van der Waals surface area (Å²) in [6.45, 7) is 7.22. The van der Waals surface area contributed by atoms with Crippen molar-refractivity contribution in [1.82, 2.24) is 10.2 Å². The number of piperidine rings is 1. The van der Waals surface area contributed by atoms with E-state index in [0.29, 0.717) is 24.5 Å². The lowest BCUT2D eigenvalue weighted by Gasteiger charge is -2.37. The third-order valence-corrected chi connectivity index (χ3v) is 4.78. The minimum Gasteiger partial charge on any atom is -0.492 e. The van der Waals surface area contributed by atoms with Gasteiger partial charge in [0.1, 0.15) is 5.75 Å². The van der Waals surface area contributed by atoms with Crippen molar-refractivity contribution in [2.45, 2.75) is 50.1 Å². The van der Waals surface area contributed by atoms with Gasteiger partial charge in [-0.1, -0.05) is 0 Å². The first-order valence-electron chi connectivity index (χ1n) is 9.02. The van der Waals surface area contributed by atoms with Gasteiger partial charge < -0.3 is 19.7 Å². The quantitative estimate of drug-likeness (QED) is 0.549. The number of methoxy groups -OCH3 is 1. The average molecular weight is 367 g/mol. The minimum atomic E-state index is 0.0544. The van der Waals surface area contributed by atoms with Crippen LogP contribution in [0.5, 0.6) is 5.75 Å². The Balaban J connectivity index is 2.13. The first kappa shape index (κ1) is 20.1. The molecule has 1 aromatic carbocycles. The van der Waals surface area contributed by atoms with Gasteiger partial charge in [0.25, 0.3) is 5.91 Å². The summed E-state index contributed by atoms with van der Waals surface area (Å²) in [5, 5.41) is 3.39. The third-order valence-electron chi connectivity index (χ3n) is 4.41. The van der Waals surface area contributed by atoms with Gasteiger partial charge in [0.05, 0.1) is 6.61 Å². The molecule has 1 aliphatic rings. The van der Waals surface area contributed by atoms with Crippen molar-refractivity contribution >= 4 is 18.5 Å². The molecule has 25 heavy (non-hydrogen) atoms. The third kappa shape index (κ3) is 5.62. The summed E-state index contributed by atoms with van der Waals surface area (Å²) in [7, 11) is 1.67. The largest absolute Gasteiger partial charge is 0.492 e. The number of hydrogen-bond acceptors (Lipinski definition) is 5. The van der Waals surface area contributed by atoms with Crippen molar-refractivity contribution in [3.63, 3.8) is 0 Å². The highest BCUT2D eigenvalue weighted by Gasteiger charge is 2.28. The zero-order valence-electron chi connectivity index (χ0n) is 15.5. The molecule has 140 valence electrons. The number of carbonyl (C=O) groups excluding carboxylic acids is 1. The van der Waals surface area contributed by atoms with Crippen LogP contribution in [0.4, 0.5) is 0 Å². The summed E-state index contributed by atoms with van der Waals surface area (Å²) in [6.07, 6.45) is 2.94. The summed E-state index contributed by atoms with van der Waals surface area (Å²) >= 11 is 4.44. The summed E-state index contributed by atoms with van der Waals surface area (Å²) < 4.78 is 10.8. The highest BCUT2D eigenvalue weighted by atomic mass is 32.1. The van der Waals surface area contributed by atoms with Gasteiger partial charge in [-0.2, -0.15) is 0 Å². The molecule has 6 heteroatoms. The Kier molecular flexibility index (Phi) is 8.06. The van der Waals surface area contributed by atoms with Gasteiger partial charge >= 0.3 is 0 Å². The van der Waals surface area contributed by atoms with Crippen LogP contribution in [-0.2, 0) is 4.74 Å². The predicted molar refractivity (Wildman–Crippen MR) is 103 cm³/mol. The van der Waals surface area contributed by atoms with Gasteiger partial charge in [0.15, 0.2) is 0 Å². The van der Waals surface area contributed by atoms with Crippen LogP contribution in [0, 0.1) is 0 Å². The second-order valence-corrected chi connectivity index (χ2v) is 7.17. The molecular formula is C19H30N2O3S. The van der Waals surface area contributed by atoms with E-state index < -0.39 is 0 Å². The topological polar surface area (TPSA) is 50.8 Å². The number of benzene rings is 1. The Morgan fingerprint density at radius 3 is 2.84 bits per heavy atom. The van der Waals surface area contributed by atoms with Gasteiger partial charge in [0, 0.05) is 49.2 Å². The fraction of sp³-hybridized carbons (Fsp3) is 0.632. The zero-order chi connectivity index (χ0) is 18.2. The molecule has 1 amide bonds. The number of amides is 1. The lowest BCUT2D eigenvalue weighted by molar-refractivity contribution is 0.0573. The molecule has 0 bridgehead atoms. The van der Waals surface area contributed by atoms with Crippen molar-refractivity contribution in [2.75, 3.05) is 33.4 Å². The molecule has 2 rings (SSSR count). The van der Waals surface area contributed by atoms with Crippen molar-refractivity contribution in [2.24, 2.45) is 0 Å². The highest BCUT2D eigenvalue weighted by molar-refractivity contribution is 7.80. The summed E-state index contributed by atoms with van der Waals surface area (Å²) in [6, 6.07) is 5.86. The molecule has 1 aliphatic heterocycles. The molecule has 0 unspecified atom stereocenters. The Bertz CT molecular complexity index is 560. The monoisotopic (exact) mass is 366 g/mol. The molecule has 1 heterocycles. The molecule has 0 radical (unpaired) electrons. The first-order valence-corrected chi connectivity index (χ1v) is 9.47. The van der Waals surface area contributed by atoms with Crippen molar-refractivity contribution in [3.8, 4) is 5.75 Å². The zero-order valence-corrected chi connectivity index (χ0v) is 16.4. The van der Waals surface area contributed by atoms with E-state index in [9.17, 15) is 4.79 Å². The minimum absolute atomic E-state index is 0.0544. The maximum absolute atomic E-state index is 13.1. The number of carbonyl (C=O) groups is 1. The number of hydrogen-bond donors (Lipinski definition) is 2. The maximum atomic E-state index is 13.1. The van der Waals surface area contributed by atoms with E-state index >= 15 is 0 Å². The lowest BCUT2D eigenvalue weighted by Crippen LogP contribution is -2.51. The maximum Gasteiger partial charge on any atom is 0.254 e. The fourth-order valence-electron chi connectivity index (χ4n) is 3.19. The van der Waals surface area contributed by atoms with Crippen LogP contribution in [0.3, 0.4) is 0 Å². The molecule has 1 saturated heterocycles. The van der Waals surface area contributed by atoms with Gasteiger partial charge in [-0.25, -0.2) is 0 Å². The standard InChI is InChI=1S/C19H30N2O3S/c1-14(2)21(16-6-4-9-20-13-16)19(22)15-7-8-18(25)17(12-15)24-11-5-10-23-3/h7-8,12,14,16,20,25H,4-6,9-11,13H2,1-3H3/t16-/m1/s1. The van der Waals surface area contributed by atoms with Gasteiger partial charge in [-0.15, -0.1) is 12.6 Å². The highest BCUT2D eigenvalue weighted by Crippen LogP contribution is 2.26. The summed E-state index contributed by atoms with van der Waals surface area (Å²) in [5.74, 6) is 0.703. The fourth-order valence-corrected chi connectivity index (χ4v) is 3.39. The molecular weight excluding hydrogens is 336 g/mol. The molecule has 1 N–H and O–H groups in total.